The van der Waals surface area contributed by atoms with Gasteiger partial charge in [-0.1, -0.05) is 30.0 Å². The second kappa shape index (κ2) is 8.80. The minimum absolute atomic E-state index is 0.119. The second-order valence-electron chi connectivity index (χ2n) is 7.14. The van der Waals surface area contributed by atoms with Crippen molar-refractivity contribution in [2.75, 3.05) is 12.5 Å². The number of aromatic nitrogens is 2. The average Bonchev–Trinajstić information content (AvgIpc) is 3.50. The van der Waals surface area contributed by atoms with Gasteiger partial charge >= 0.3 is 0 Å². The fourth-order valence-corrected chi connectivity index (χ4v) is 4.22. The van der Waals surface area contributed by atoms with Crippen LogP contribution in [0.15, 0.2) is 75.2 Å². The molecule has 1 N–H and O–H groups in total. The van der Waals surface area contributed by atoms with E-state index in [9.17, 15) is 9.59 Å². The third-order valence-corrected chi connectivity index (χ3v) is 5.96. The molecule has 162 valence electrons. The first-order valence-electron chi connectivity index (χ1n) is 9.97. The van der Waals surface area contributed by atoms with E-state index in [4.69, 9.17) is 13.9 Å². The number of nitrogens with one attached hydrogen (secondary N) is 1. The van der Waals surface area contributed by atoms with Crippen molar-refractivity contribution < 1.29 is 18.7 Å². The number of rotatable bonds is 7. The van der Waals surface area contributed by atoms with Gasteiger partial charge in [0, 0.05) is 6.54 Å². The van der Waals surface area contributed by atoms with Gasteiger partial charge in [0.25, 0.3) is 5.56 Å². The summed E-state index contributed by atoms with van der Waals surface area (Å²) in [5.41, 5.74) is 1.33. The molecule has 4 aromatic rings. The first-order valence-corrected chi connectivity index (χ1v) is 11.0. The molecule has 1 amide bonds. The number of benzene rings is 2. The van der Waals surface area contributed by atoms with Gasteiger partial charge in [0.1, 0.15) is 5.76 Å². The lowest BCUT2D eigenvalue weighted by molar-refractivity contribution is -0.118. The highest BCUT2D eigenvalue weighted by molar-refractivity contribution is 7.99. The van der Waals surface area contributed by atoms with Crippen LogP contribution in [0.4, 0.5) is 0 Å². The number of amides is 1. The van der Waals surface area contributed by atoms with Crippen LogP contribution < -0.4 is 20.3 Å². The minimum Gasteiger partial charge on any atom is -0.467 e. The Hall–Kier alpha value is -3.72. The SMILES string of the molecule is O=C(CSc1nc2ccccc2c(=O)n1Cc1ccco1)NCc1ccc2c(c1)OCO2. The van der Waals surface area contributed by atoms with Crippen molar-refractivity contribution in [1.82, 2.24) is 14.9 Å². The normalized spacial score (nSPS) is 12.2. The number of furan rings is 1. The number of ether oxygens (including phenoxy) is 2. The monoisotopic (exact) mass is 449 g/mol. The zero-order valence-corrected chi connectivity index (χ0v) is 17.8. The van der Waals surface area contributed by atoms with Crippen molar-refractivity contribution in [2.24, 2.45) is 0 Å². The molecule has 2 aromatic carbocycles. The summed E-state index contributed by atoms with van der Waals surface area (Å²) in [7, 11) is 0. The Morgan fingerprint density at radius 1 is 1.09 bits per heavy atom. The summed E-state index contributed by atoms with van der Waals surface area (Å²) >= 11 is 1.21. The maximum Gasteiger partial charge on any atom is 0.262 e. The van der Waals surface area contributed by atoms with Gasteiger partial charge in [-0.2, -0.15) is 0 Å². The molecule has 8 nitrogen and oxygen atoms in total. The van der Waals surface area contributed by atoms with Gasteiger partial charge < -0.3 is 19.2 Å². The lowest BCUT2D eigenvalue weighted by atomic mass is 10.2. The van der Waals surface area contributed by atoms with E-state index in [0.29, 0.717) is 39.9 Å². The van der Waals surface area contributed by atoms with Gasteiger partial charge in [0.2, 0.25) is 12.7 Å². The highest BCUT2D eigenvalue weighted by Crippen LogP contribution is 2.32. The van der Waals surface area contributed by atoms with Crippen LogP contribution in [0.2, 0.25) is 0 Å². The summed E-state index contributed by atoms with van der Waals surface area (Å²) in [4.78, 5) is 30.2. The molecule has 0 aliphatic carbocycles. The molecular formula is C23H19N3O5S. The van der Waals surface area contributed by atoms with Crippen molar-refractivity contribution in [3.63, 3.8) is 0 Å². The molecule has 32 heavy (non-hydrogen) atoms. The highest BCUT2D eigenvalue weighted by atomic mass is 32.2. The maximum absolute atomic E-state index is 13.1. The summed E-state index contributed by atoms with van der Waals surface area (Å²) < 4.78 is 17.6. The number of hydrogen-bond acceptors (Lipinski definition) is 7. The largest absolute Gasteiger partial charge is 0.467 e. The van der Waals surface area contributed by atoms with Crippen LogP contribution in [0, 0.1) is 0 Å². The van der Waals surface area contributed by atoms with E-state index < -0.39 is 0 Å². The number of para-hydroxylation sites is 1. The first kappa shape index (κ1) is 20.2. The fourth-order valence-electron chi connectivity index (χ4n) is 3.39. The Bertz CT molecular complexity index is 1330. The lowest BCUT2D eigenvalue weighted by Gasteiger charge is -2.12. The molecule has 0 saturated heterocycles. The first-order chi connectivity index (χ1) is 15.7. The number of nitrogens with zero attached hydrogens (tertiary/aromatic N) is 2. The van der Waals surface area contributed by atoms with Crippen molar-refractivity contribution in [3.8, 4) is 11.5 Å². The minimum atomic E-state index is -0.171. The van der Waals surface area contributed by atoms with Crippen LogP contribution in [-0.2, 0) is 17.9 Å². The molecule has 1 aliphatic rings. The quantitative estimate of drug-likeness (QED) is 0.342. The molecule has 9 heteroatoms. The summed E-state index contributed by atoms with van der Waals surface area (Å²) in [5.74, 6) is 1.96. The van der Waals surface area contributed by atoms with Crippen LogP contribution in [-0.4, -0.2) is 28.0 Å². The smallest absolute Gasteiger partial charge is 0.262 e. The van der Waals surface area contributed by atoms with Crippen molar-refractivity contribution >= 4 is 28.6 Å². The summed E-state index contributed by atoms with van der Waals surface area (Å²) in [5, 5.41) is 3.87. The Morgan fingerprint density at radius 3 is 2.84 bits per heavy atom. The number of carbonyl (C=O) groups is 1. The predicted molar refractivity (Wildman–Crippen MR) is 119 cm³/mol. The molecule has 0 radical (unpaired) electrons. The average molecular weight is 449 g/mol. The van der Waals surface area contributed by atoms with E-state index in [1.807, 2.05) is 24.3 Å². The van der Waals surface area contributed by atoms with E-state index in [0.717, 1.165) is 5.56 Å². The molecule has 0 bridgehead atoms. The van der Waals surface area contributed by atoms with Gasteiger partial charge in [-0.05, 0) is 42.0 Å². The van der Waals surface area contributed by atoms with Crippen LogP contribution in [0.25, 0.3) is 10.9 Å². The molecule has 1 aliphatic heterocycles. The van der Waals surface area contributed by atoms with Gasteiger partial charge in [-0.15, -0.1) is 0 Å². The van der Waals surface area contributed by atoms with Crippen molar-refractivity contribution in [2.45, 2.75) is 18.2 Å². The Balaban J connectivity index is 1.30. The molecule has 0 fully saturated rings. The standard InChI is InChI=1S/C23H19N3O5S/c27-21(24-11-15-7-8-19-20(10-15)31-14-30-19)13-32-23-25-18-6-2-1-5-17(18)22(28)26(23)12-16-4-3-9-29-16/h1-10H,11-14H2,(H,24,27). The Kier molecular flexibility index (Phi) is 5.55. The molecule has 5 rings (SSSR count). The van der Waals surface area contributed by atoms with E-state index in [-0.39, 0.29) is 30.6 Å². The third-order valence-electron chi connectivity index (χ3n) is 4.98. The van der Waals surface area contributed by atoms with Crippen molar-refractivity contribution in [1.29, 1.82) is 0 Å². The molecule has 0 atom stereocenters. The van der Waals surface area contributed by atoms with Crippen LogP contribution in [0.5, 0.6) is 11.5 Å². The Morgan fingerprint density at radius 2 is 1.97 bits per heavy atom. The molecule has 0 saturated carbocycles. The zero-order chi connectivity index (χ0) is 21.9. The highest BCUT2D eigenvalue weighted by Gasteiger charge is 2.16. The van der Waals surface area contributed by atoms with E-state index >= 15 is 0 Å². The third kappa shape index (κ3) is 4.19. The van der Waals surface area contributed by atoms with Crippen LogP contribution in [0.3, 0.4) is 0 Å². The van der Waals surface area contributed by atoms with Crippen LogP contribution in [0.1, 0.15) is 11.3 Å². The summed E-state index contributed by atoms with van der Waals surface area (Å²) in [6.45, 7) is 0.811. The van der Waals surface area contributed by atoms with E-state index in [2.05, 4.69) is 10.3 Å². The van der Waals surface area contributed by atoms with Gasteiger partial charge in [-0.3, -0.25) is 14.2 Å². The number of hydrogen-bond donors (Lipinski definition) is 1. The summed E-state index contributed by atoms with van der Waals surface area (Å²) in [6, 6.07) is 16.3. The van der Waals surface area contributed by atoms with Crippen LogP contribution >= 0.6 is 11.8 Å². The molecule has 0 spiro atoms. The number of thioether (sulfide) groups is 1. The molecule has 3 heterocycles. The van der Waals surface area contributed by atoms with E-state index in [1.54, 1.807) is 36.6 Å². The topological polar surface area (TPSA) is 95.6 Å². The second-order valence-corrected chi connectivity index (χ2v) is 8.08. The zero-order valence-electron chi connectivity index (χ0n) is 16.9. The van der Waals surface area contributed by atoms with Gasteiger partial charge in [-0.25, -0.2) is 4.98 Å². The van der Waals surface area contributed by atoms with E-state index in [1.165, 1.54) is 16.3 Å². The number of carbonyl (C=O) groups excluding carboxylic acids is 1. The maximum atomic E-state index is 13.1. The predicted octanol–water partition coefficient (Wildman–Crippen LogP) is 3.18. The summed E-state index contributed by atoms with van der Waals surface area (Å²) in [6.07, 6.45) is 1.56. The van der Waals surface area contributed by atoms with Gasteiger partial charge in [0.05, 0.1) is 29.5 Å². The molecule has 2 aromatic heterocycles. The van der Waals surface area contributed by atoms with Crippen molar-refractivity contribution in [3.05, 3.63) is 82.5 Å². The molecule has 0 unspecified atom stereocenters. The lowest BCUT2D eigenvalue weighted by Crippen LogP contribution is -2.27. The fraction of sp³-hybridized carbons (Fsp3) is 0.174. The number of fused-ring (bicyclic) bond motifs is 2. The van der Waals surface area contributed by atoms with Gasteiger partial charge in [0.15, 0.2) is 16.7 Å². The Labute approximate surface area is 187 Å². The molecular weight excluding hydrogens is 430 g/mol.